The molecule has 98 valence electrons. The zero-order valence-corrected chi connectivity index (χ0v) is 11.1. The number of nitrogens with zero attached hydrogens (tertiary/aromatic N) is 3. The predicted octanol–water partition coefficient (Wildman–Crippen LogP) is 2.03. The van der Waals surface area contributed by atoms with Crippen molar-refractivity contribution in [2.75, 3.05) is 26.1 Å². The number of fused-ring (bicyclic) bond motifs is 1. The molecule has 2 aromatic heterocycles. The smallest absolute Gasteiger partial charge is 0.244 e. The first-order chi connectivity index (χ1) is 9.17. The molecule has 0 unspecified atom stereocenters. The number of anilines is 1. The third-order valence-electron chi connectivity index (χ3n) is 2.96. The van der Waals surface area contributed by atoms with E-state index in [2.05, 4.69) is 20.2 Å². The molecule has 0 fully saturated rings. The summed E-state index contributed by atoms with van der Waals surface area (Å²) in [6.45, 7) is 0. The van der Waals surface area contributed by atoms with E-state index in [-0.39, 0.29) is 0 Å². The largest absolute Gasteiger partial charge is 0.497 e. The van der Waals surface area contributed by atoms with Gasteiger partial charge in [0.25, 0.3) is 0 Å². The minimum atomic E-state index is 0.659. The first-order valence-electron chi connectivity index (χ1n) is 5.94. The number of aromatic amines is 2. The third kappa shape index (κ3) is 2.01. The lowest BCUT2D eigenvalue weighted by Gasteiger charge is -2.03. The van der Waals surface area contributed by atoms with Crippen LogP contribution in [0.4, 0.5) is 5.95 Å². The molecule has 19 heavy (non-hydrogen) atoms. The average molecular weight is 257 g/mol. The summed E-state index contributed by atoms with van der Waals surface area (Å²) in [4.78, 5) is 9.58. The van der Waals surface area contributed by atoms with Crippen molar-refractivity contribution in [2.45, 2.75) is 0 Å². The molecule has 1 aromatic carbocycles. The molecular formula is C13H15N5O. The molecule has 0 spiro atoms. The van der Waals surface area contributed by atoms with E-state index in [0.29, 0.717) is 5.95 Å². The van der Waals surface area contributed by atoms with E-state index in [9.17, 15) is 0 Å². The zero-order chi connectivity index (χ0) is 13.4. The van der Waals surface area contributed by atoms with Crippen LogP contribution in [0.3, 0.4) is 0 Å². The molecule has 2 heterocycles. The maximum atomic E-state index is 5.22. The molecule has 0 atom stereocenters. The number of nitrogens with one attached hydrogen (secondary N) is 2. The second kappa shape index (κ2) is 4.31. The van der Waals surface area contributed by atoms with Crippen molar-refractivity contribution >= 4 is 16.9 Å². The highest BCUT2D eigenvalue weighted by molar-refractivity contribution is 5.86. The third-order valence-corrected chi connectivity index (χ3v) is 2.96. The van der Waals surface area contributed by atoms with Crippen LogP contribution in [0.1, 0.15) is 0 Å². The molecule has 0 saturated heterocycles. The first-order valence-corrected chi connectivity index (χ1v) is 5.94. The second-order valence-electron chi connectivity index (χ2n) is 4.51. The molecule has 3 rings (SSSR count). The molecular weight excluding hydrogens is 242 g/mol. The topological polar surface area (TPSA) is 69.8 Å². The minimum Gasteiger partial charge on any atom is -0.497 e. The van der Waals surface area contributed by atoms with E-state index >= 15 is 0 Å². The number of hydrogen-bond acceptors (Lipinski definition) is 4. The summed E-state index contributed by atoms with van der Waals surface area (Å²) in [6.07, 6.45) is 0. The van der Waals surface area contributed by atoms with Crippen LogP contribution in [0, 0.1) is 0 Å². The summed E-state index contributed by atoms with van der Waals surface area (Å²) in [6, 6.07) is 7.92. The van der Waals surface area contributed by atoms with Crippen molar-refractivity contribution < 1.29 is 4.74 Å². The molecule has 0 aliphatic rings. The Morgan fingerprint density at radius 3 is 2.74 bits per heavy atom. The normalized spacial score (nSPS) is 10.9. The van der Waals surface area contributed by atoms with Crippen molar-refractivity contribution in [1.82, 2.24) is 20.2 Å². The molecule has 0 aliphatic carbocycles. The van der Waals surface area contributed by atoms with Crippen LogP contribution >= 0.6 is 0 Å². The van der Waals surface area contributed by atoms with Gasteiger partial charge in [0.1, 0.15) is 5.75 Å². The molecule has 0 radical (unpaired) electrons. The summed E-state index contributed by atoms with van der Waals surface area (Å²) in [7, 11) is 5.47. The number of benzene rings is 1. The van der Waals surface area contributed by atoms with Gasteiger partial charge in [0, 0.05) is 25.0 Å². The van der Waals surface area contributed by atoms with Gasteiger partial charge < -0.3 is 14.6 Å². The van der Waals surface area contributed by atoms with Gasteiger partial charge in [-0.15, -0.1) is 5.10 Å². The van der Waals surface area contributed by atoms with Gasteiger partial charge in [-0.3, -0.25) is 5.10 Å². The van der Waals surface area contributed by atoms with Crippen LogP contribution in [-0.2, 0) is 0 Å². The van der Waals surface area contributed by atoms with Crippen molar-refractivity contribution in [3.8, 4) is 17.3 Å². The van der Waals surface area contributed by atoms with Gasteiger partial charge in [-0.2, -0.15) is 4.98 Å². The summed E-state index contributed by atoms with van der Waals surface area (Å²) in [5, 5.41) is 8.15. The number of ether oxygens (including phenoxy) is 1. The zero-order valence-electron chi connectivity index (χ0n) is 11.1. The Balaban J connectivity index is 2.04. The molecule has 6 heteroatoms. The van der Waals surface area contributed by atoms with Crippen LogP contribution in [0.25, 0.3) is 22.4 Å². The number of aromatic nitrogens is 4. The number of methoxy groups -OCH3 is 1. The number of hydrogen-bond donors (Lipinski definition) is 2. The van der Waals surface area contributed by atoms with Gasteiger partial charge in [0.15, 0.2) is 5.82 Å². The maximum Gasteiger partial charge on any atom is 0.244 e. The van der Waals surface area contributed by atoms with E-state index < -0.39 is 0 Å². The Bertz CT molecular complexity index is 713. The lowest BCUT2D eigenvalue weighted by molar-refractivity contribution is 0.415. The first kappa shape index (κ1) is 11.6. The standard InChI is InChI=1S/C13H15N5O/c1-18(2)13-15-12(16-17-13)11-7-8-6-9(19-3)4-5-10(8)14-11/h4-7,14H,1-3H3,(H,15,16,17). The van der Waals surface area contributed by atoms with E-state index in [1.54, 1.807) is 7.11 Å². The summed E-state index contributed by atoms with van der Waals surface area (Å²) in [5.41, 5.74) is 1.95. The Hall–Kier alpha value is -2.50. The molecule has 0 aliphatic heterocycles. The Kier molecular flexibility index (Phi) is 2.63. The van der Waals surface area contributed by atoms with Gasteiger partial charge in [0.05, 0.1) is 12.8 Å². The number of rotatable bonds is 3. The lowest BCUT2D eigenvalue weighted by atomic mass is 10.2. The van der Waals surface area contributed by atoms with Crippen LogP contribution in [0.5, 0.6) is 5.75 Å². The quantitative estimate of drug-likeness (QED) is 0.753. The van der Waals surface area contributed by atoms with Crippen LogP contribution in [0.2, 0.25) is 0 Å². The maximum absolute atomic E-state index is 5.22. The molecule has 0 bridgehead atoms. The Morgan fingerprint density at radius 2 is 2.05 bits per heavy atom. The van der Waals surface area contributed by atoms with Crippen molar-refractivity contribution in [3.63, 3.8) is 0 Å². The second-order valence-corrected chi connectivity index (χ2v) is 4.51. The molecule has 3 aromatic rings. The van der Waals surface area contributed by atoms with E-state index in [4.69, 9.17) is 4.74 Å². The lowest BCUT2D eigenvalue weighted by Crippen LogP contribution is -2.10. The van der Waals surface area contributed by atoms with Crippen LogP contribution in [0.15, 0.2) is 24.3 Å². The van der Waals surface area contributed by atoms with Crippen LogP contribution in [-0.4, -0.2) is 41.4 Å². The monoisotopic (exact) mass is 257 g/mol. The van der Waals surface area contributed by atoms with Gasteiger partial charge in [-0.25, -0.2) is 0 Å². The molecule has 2 N–H and O–H groups in total. The summed E-state index contributed by atoms with van der Waals surface area (Å²) < 4.78 is 5.22. The molecule has 0 saturated carbocycles. The number of H-pyrrole nitrogens is 2. The van der Waals surface area contributed by atoms with Crippen LogP contribution < -0.4 is 9.64 Å². The van der Waals surface area contributed by atoms with E-state index in [1.165, 1.54) is 0 Å². The van der Waals surface area contributed by atoms with E-state index in [1.807, 2.05) is 43.3 Å². The summed E-state index contributed by atoms with van der Waals surface area (Å²) >= 11 is 0. The highest BCUT2D eigenvalue weighted by Gasteiger charge is 2.10. The van der Waals surface area contributed by atoms with Crippen molar-refractivity contribution in [2.24, 2.45) is 0 Å². The Labute approximate surface area is 110 Å². The van der Waals surface area contributed by atoms with Gasteiger partial charge in [0.2, 0.25) is 5.95 Å². The predicted molar refractivity (Wildman–Crippen MR) is 74.6 cm³/mol. The molecule has 0 amide bonds. The van der Waals surface area contributed by atoms with Gasteiger partial charge >= 0.3 is 0 Å². The SMILES string of the molecule is COc1ccc2[nH]c(-c3nc(N(C)C)n[nH]3)cc2c1. The van der Waals surface area contributed by atoms with Crippen molar-refractivity contribution in [3.05, 3.63) is 24.3 Å². The van der Waals surface area contributed by atoms with Gasteiger partial charge in [-0.1, -0.05) is 0 Å². The van der Waals surface area contributed by atoms with E-state index in [0.717, 1.165) is 28.2 Å². The fraction of sp³-hybridized carbons (Fsp3) is 0.231. The average Bonchev–Trinajstić information content (AvgIpc) is 3.04. The fourth-order valence-electron chi connectivity index (χ4n) is 1.94. The minimum absolute atomic E-state index is 0.659. The van der Waals surface area contributed by atoms with Crippen molar-refractivity contribution in [1.29, 1.82) is 0 Å². The highest BCUT2D eigenvalue weighted by Crippen LogP contribution is 2.25. The van der Waals surface area contributed by atoms with Gasteiger partial charge in [-0.05, 0) is 24.3 Å². The molecule has 6 nitrogen and oxygen atoms in total. The summed E-state index contributed by atoms with van der Waals surface area (Å²) in [5.74, 6) is 2.22. The Morgan fingerprint density at radius 1 is 1.21 bits per heavy atom. The highest BCUT2D eigenvalue weighted by atomic mass is 16.5. The fourth-order valence-corrected chi connectivity index (χ4v) is 1.94.